The molecule has 5 heteroatoms. The molecule has 1 heterocycles. The van der Waals surface area contributed by atoms with E-state index >= 15 is 0 Å². The fourth-order valence-electron chi connectivity index (χ4n) is 1.80. The highest BCUT2D eigenvalue weighted by molar-refractivity contribution is 7.12. The van der Waals surface area contributed by atoms with E-state index < -0.39 is 6.09 Å². The van der Waals surface area contributed by atoms with Crippen LogP contribution in [0.25, 0.3) is 0 Å². The fraction of sp³-hybridized carbons (Fsp3) is 0.250. The number of hydrogen-bond donors (Lipinski definition) is 1. The average molecular weight is 300 g/mol. The molecule has 0 saturated carbocycles. The highest BCUT2D eigenvalue weighted by Gasteiger charge is 2.07. The Balaban J connectivity index is 1.88. The molecule has 0 aliphatic heterocycles. The summed E-state index contributed by atoms with van der Waals surface area (Å²) in [6.07, 6.45) is 2.82. The van der Waals surface area contributed by atoms with Crippen LogP contribution in [0.3, 0.4) is 0 Å². The van der Waals surface area contributed by atoms with Crippen molar-refractivity contribution < 1.29 is 9.53 Å². The average Bonchev–Trinajstić information content (AvgIpc) is 2.94. The van der Waals surface area contributed by atoms with Gasteiger partial charge in [-0.05, 0) is 30.5 Å². The van der Waals surface area contributed by atoms with Gasteiger partial charge in [0.1, 0.15) is 6.07 Å². The van der Waals surface area contributed by atoms with Crippen LogP contribution in [0.1, 0.15) is 30.9 Å². The number of ether oxygens (including phenoxy) is 1. The van der Waals surface area contributed by atoms with Gasteiger partial charge in [-0.25, -0.2) is 4.79 Å². The molecule has 1 N–H and O–H groups in total. The number of thiophene rings is 1. The second-order valence-electron chi connectivity index (χ2n) is 4.58. The third-order valence-corrected chi connectivity index (χ3v) is 3.72. The number of unbranched alkanes of at least 4 members (excludes halogenated alkanes) is 1. The highest BCUT2D eigenvalue weighted by Crippen LogP contribution is 2.23. The van der Waals surface area contributed by atoms with Gasteiger partial charge in [0.15, 0.2) is 5.06 Å². The molecule has 108 valence electrons. The first kappa shape index (κ1) is 15.1. The van der Waals surface area contributed by atoms with Crippen molar-refractivity contribution in [1.29, 1.82) is 5.26 Å². The van der Waals surface area contributed by atoms with Gasteiger partial charge in [0, 0.05) is 17.1 Å². The molecule has 0 radical (unpaired) electrons. The summed E-state index contributed by atoms with van der Waals surface area (Å²) in [7, 11) is 0. The van der Waals surface area contributed by atoms with Crippen LogP contribution in [0, 0.1) is 11.3 Å². The van der Waals surface area contributed by atoms with Gasteiger partial charge in [-0.2, -0.15) is 5.26 Å². The monoisotopic (exact) mass is 300 g/mol. The molecule has 0 saturated heterocycles. The topological polar surface area (TPSA) is 62.1 Å². The summed E-state index contributed by atoms with van der Waals surface area (Å²) in [5.74, 6) is 0. The lowest BCUT2D eigenvalue weighted by Crippen LogP contribution is -2.16. The molecule has 0 aliphatic carbocycles. The van der Waals surface area contributed by atoms with Gasteiger partial charge < -0.3 is 4.74 Å². The molecule has 2 rings (SSSR count). The predicted molar refractivity (Wildman–Crippen MR) is 83.7 cm³/mol. The molecule has 21 heavy (non-hydrogen) atoms. The summed E-state index contributed by atoms with van der Waals surface area (Å²) in [5.41, 5.74) is 2.44. The van der Waals surface area contributed by atoms with Gasteiger partial charge in [-0.3, -0.25) is 5.32 Å². The number of hydrogen-bond acceptors (Lipinski definition) is 4. The molecule has 0 spiro atoms. The van der Waals surface area contributed by atoms with Crippen molar-refractivity contribution in [3.8, 4) is 11.1 Å². The minimum Gasteiger partial charge on any atom is -0.399 e. The Bertz CT molecular complexity index is 641. The molecule has 2 aromatic rings. The number of carbonyl (C=O) groups excluding carboxylic acids is 1. The van der Waals surface area contributed by atoms with Crippen LogP contribution in [0.4, 0.5) is 10.5 Å². The Labute approximate surface area is 128 Å². The van der Waals surface area contributed by atoms with Crippen LogP contribution >= 0.6 is 11.3 Å². The van der Waals surface area contributed by atoms with E-state index in [1.54, 1.807) is 5.38 Å². The summed E-state index contributed by atoms with van der Waals surface area (Å²) in [6.45, 7) is 2.16. The highest BCUT2D eigenvalue weighted by atomic mass is 32.1. The summed E-state index contributed by atoms with van der Waals surface area (Å²) in [4.78, 5) is 11.7. The second kappa shape index (κ2) is 7.46. The van der Waals surface area contributed by atoms with E-state index in [1.165, 1.54) is 23.0 Å². The van der Waals surface area contributed by atoms with Crippen molar-refractivity contribution in [2.45, 2.75) is 26.2 Å². The van der Waals surface area contributed by atoms with E-state index in [0.29, 0.717) is 16.3 Å². The lowest BCUT2D eigenvalue weighted by atomic mass is 10.1. The smallest absolute Gasteiger partial charge is 0.399 e. The van der Waals surface area contributed by atoms with Crippen LogP contribution in [-0.4, -0.2) is 6.09 Å². The lowest BCUT2D eigenvalue weighted by Gasteiger charge is -2.06. The number of benzene rings is 1. The summed E-state index contributed by atoms with van der Waals surface area (Å²) in [5, 5.41) is 13.4. The standard InChI is InChI=1S/C16H16N2O2S/c1-2-3-4-12-5-7-14(8-6-12)18-16(19)20-15-9-13(10-17)11-21-15/h5-9,11H,2-4H2,1H3,(H,18,19). The minimum atomic E-state index is -0.553. The molecule has 0 bridgehead atoms. The lowest BCUT2D eigenvalue weighted by molar-refractivity contribution is 0.216. The van der Waals surface area contributed by atoms with Gasteiger partial charge in [0.2, 0.25) is 0 Å². The van der Waals surface area contributed by atoms with Crippen molar-refractivity contribution in [2.24, 2.45) is 0 Å². The Hall–Kier alpha value is -2.32. The van der Waals surface area contributed by atoms with Crippen molar-refractivity contribution in [2.75, 3.05) is 5.32 Å². The van der Waals surface area contributed by atoms with E-state index in [4.69, 9.17) is 10.00 Å². The molecule has 0 fully saturated rings. The first-order valence-electron chi connectivity index (χ1n) is 6.77. The largest absolute Gasteiger partial charge is 0.417 e. The Kier molecular flexibility index (Phi) is 5.35. The quantitative estimate of drug-likeness (QED) is 0.879. The molecule has 1 amide bonds. The molecular formula is C16H16N2O2S. The number of nitrogens with zero attached hydrogens (tertiary/aromatic N) is 1. The molecule has 0 unspecified atom stereocenters. The Morgan fingerprint density at radius 2 is 2.14 bits per heavy atom. The number of aryl methyl sites for hydroxylation is 1. The zero-order valence-corrected chi connectivity index (χ0v) is 12.6. The zero-order chi connectivity index (χ0) is 15.1. The van der Waals surface area contributed by atoms with E-state index in [9.17, 15) is 4.79 Å². The van der Waals surface area contributed by atoms with Crippen molar-refractivity contribution in [1.82, 2.24) is 0 Å². The van der Waals surface area contributed by atoms with Crippen LogP contribution in [0.2, 0.25) is 0 Å². The molecular weight excluding hydrogens is 284 g/mol. The van der Waals surface area contributed by atoms with Gasteiger partial charge in [0.05, 0.1) is 5.56 Å². The van der Waals surface area contributed by atoms with Crippen molar-refractivity contribution in [3.63, 3.8) is 0 Å². The third kappa shape index (κ3) is 4.62. The van der Waals surface area contributed by atoms with Crippen LogP contribution < -0.4 is 10.1 Å². The Morgan fingerprint density at radius 1 is 1.38 bits per heavy atom. The van der Waals surface area contributed by atoms with Crippen molar-refractivity contribution >= 4 is 23.1 Å². The number of nitriles is 1. The summed E-state index contributed by atoms with van der Waals surface area (Å²) >= 11 is 1.22. The SMILES string of the molecule is CCCCc1ccc(NC(=O)Oc2cc(C#N)cs2)cc1. The van der Waals surface area contributed by atoms with E-state index in [2.05, 4.69) is 12.2 Å². The van der Waals surface area contributed by atoms with Crippen LogP contribution in [0.15, 0.2) is 35.7 Å². The molecule has 4 nitrogen and oxygen atoms in total. The number of anilines is 1. The molecule has 1 aromatic heterocycles. The maximum absolute atomic E-state index is 11.7. The van der Waals surface area contributed by atoms with Crippen LogP contribution in [-0.2, 0) is 6.42 Å². The van der Waals surface area contributed by atoms with Crippen LogP contribution in [0.5, 0.6) is 5.06 Å². The number of nitrogens with one attached hydrogen (secondary N) is 1. The summed E-state index contributed by atoms with van der Waals surface area (Å²) in [6, 6.07) is 11.3. The maximum Gasteiger partial charge on any atom is 0.417 e. The van der Waals surface area contributed by atoms with Gasteiger partial charge in [-0.15, -0.1) is 11.3 Å². The van der Waals surface area contributed by atoms with Gasteiger partial charge in [-0.1, -0.05) is 25.5 Å². The maximum atomic E-state index is 11.7. The fourth-order valence-corrected chi connectivity index (χ4v) is 2.48. The second-order valence-corrected chi connectivity index (χ2v) is 5.45. The number of rotatable bonds is 5. The van der Waals surface area contributed by atoms with Gasteiger partial charge >= 0.3 is 6.09 Å². The molecule has 1 aromatic carbocycles. The van der Waals surface area contributed by atoms with E-state index in [1.807, 2.05) is 30.3 Å². The number of carbonyl (C=O) groups is 1. The first-order chi connectivity index (χ1) is 10.2. The van der Waals surface area contributed by atoms with E-state index in [0.717, 1.165) is 19.3 Å². The summed E-state index contributed by atoms with van der Waals surface area (Å²) < 4.78 is 5.11. The number of amides is 1. The Morgan fingerprint density at radius 3 is 2.76 bits per heavy atom. The molecule has 0 aliphatic rings. The minimum absolute atomic E-state index is 0.406. The normalized spacial score (nSPS) is 9.90. The first-order valence-corrected chi connectivity index (χ1v) is 7.65. The predicted octanol–water partition coefficient (Wildman–Crippen LogP) is 4.57. The molecule has 0 atom stereocenters. The van der Waals surface area contributed by atoms with E-state index in [-0.39, 0.29) is 0 Å². The zero-order valence-electron chi connectivity index (χ0n) is 11.8. The third-order valence-electron chi connectivity index (χ3n) is 2.92. The van der Waals surface area contributed by atoms with Crippen molar-refractivity contribution in [3.05, 3.63) is 46.8 Å². The van der Waals surface area contributed by atoms with Gasteiger partial charge in [0.25, 0.3) is 0 Å².